The number of carbonyl (C=O) groups is 1. The Hall–Kier alpha value is 0.190. The van der Waals surface area contributed by atoms with E-state index in [0.29, 0.717) is 11.9 Å². The second-order valence-electron chi connectivity index (χ2n) is 4.27. The number of thiophene rings is 1. The number of hydrogen-bond donors (Lipinski definition) is 0. The number of carbonyl (C=O) groups excluding carboxylic acids is 1. The first kappa shape index (κ1) is 13.6. The average Bonchev–Trinajstić information content (AvgIpc) is 2.76. The normalized spacial score (nSPS) is 20.6. The van der Waals surface area contributed by atoms with Gasteiger partial charge in [0.1, 0.15) is 0 Å². The summed E-state index contributed by atoms with van der Waals surface area (Å²) in [6.45, 7) is 0.882. The maximum Gasteiger partial charge on any atom is 0.254 e. The van der Waals surface area contributed by atoms with Crippen molar-refractivity contribution in [2.24, 2.45) is 0 Å². The van der Waals surface area contributed by atoms with Crippen LogP contribution in [0.25, 0.3) is 0 Å². The fraction of sp³-hybridized carbons (Fsp3) is 0.583. The van der Waals surface area contributed by atoms with Gasteiger partial charge in [-0.1, -0.05) is 0 Å². The fourth-order valence-corrected chi connectivity index (χ4v) is 3.85. The monoisotopic (exact) mass is 383 g/mol. The van der Waals surface area contributed by atoms with Gasteiger partial charge in [0.05, 0.1) is 8.45 Å². The average molecular weight is 384 g/mol. The molecule has 1 aliphatic heterocycles. The third-order valence-electron chi connectivity index (χ3n) is 3.14. The van der Waals surface area contributed by atoms with Crippen LogP contribution >= 0.6 is 45.5 Å². The summed E-state index contributed by atoms with van der Waals surface area (Å²) in [4.78, 5) is 14.4. The van der Waals surface area contributed by atoms with Crippen molar-refractivity contribution in [1.82, 2.24) is 4.90 Å². The number of hydrogen-bond acceptors (Lipinski definition) is 2. The molecule has 2 heterocycles. The van der Waals surface area contributed by atoms with Crippen LogP contribution in [-0.2, 0) is 0 Å². The summed E-state index contributed by atoms with van der Waals surface area (Å²) in [5.74, 6) is 0.814. The minimum Gasteiger partial charge on any atom is -0.336 e. The number of alkyl halides is 1. The first-order valence-corrected chi connectivity index (χ1v) is 8.32. The van der Waals surface area contributed by atoms with Gasteiger partial charge in [-0.3, -0.25) is 4.79 Å². The number of likely N-dealkylation sites (tertiary alicyclic amines) is 1. The van der Waals surface area contributed by atoms with Crippen LogP contribution in [0.5, 0.6) is 0 Å². The Labute approximate surface area is 124 Å². The highest BCUT2D eigenvalue weighted by Gasteiger charge is 2.27. The van der Waals surface area contributed by atoms with Crippen molar-refractivity contribution in [3.8, 4) is 0 Å². The Morgan fingerprint density at radius 3 is 3.06 bits per heavy atom. The van der Waals surface area contributed by atoms with E-state index >= 15 is 0 Å². The van der Waals surface area contributed by atoms with Crippen LogP contribution in [0.3, 0.4) is 0 Å². The van der Waals surface area contributed by atoms with E-state index < -0.39 is 0 Å². The van der Waals surface area contributed by atoms with Crippen LogP contribution in [0.15, 0.2) is 11.4 Å². The molecular weight excluding hydrogens is 369 g/mol. The largest absolute Gasteiger partial charge is 0.336 e. The van der Waals surface area contributed by atoms with Crippen LogP contribution in [0.4, 0.5) is 0 Å². The van der Waals surface area contributed by atoms with Crippen molar-refractivity contribution >= 4 is 51.4 Å². The van der Waals surface area contributed by atoms with E-state index in [0.717, 1.165) is 34.3 Å². The van der Waals surface area contributed by atoms with E-state index in [1.807, 2.05) is 16.3 Å². The Morgan fingerprint density at radius 2 is 2.41 bits per heavy atom. The van der Waals surface area contributed by atoms with Gasteiger partial charge in [-0.15, -0.1) is 22.9 Å². The summed E-state index contributed by atoms with van der Waals surface area (Å²) in [5, 5.41) is 1.95. The predicted molar refractivity (Wildman–Crippen MR) is 81.0 cm³/mol. The highest BCUT2D eigenvalue weighted by atomic mass is 127. The van der Waals surface area contributed by atoms with Gasteiger partial charge in [-0.2, -0.15) is 0 Å². The summed E-state index contributed by atoms with van der Waals surface area (Å²) in [5.41, 5.74) is 0.834. The maximum absolute atomic E-state index is 12.4. The zero-order chi connectivity index (χ0) is 12.3. The summed E-state index contributed by atoms with van der Waals surface area (Å²) in [6.07, 6.45) is 4.34. The molecule has 0 saturated carbocycles. The summed E-state index contributed by atoms with van der Waals surface area (Å²) in [6, 6.07) is 2.31. The standard InChI is InChI=1S/C12H15ClINOS/c13-5-4-10-3-1-2-6-15(10)12(16)9-7-11(14)17-8-9/h7-8,10H,1-6H2. The third kappa shape index (κ3) is 3.35. The molecule has 0 bridgehead atoms. The van der Waals surface area contributed by atoms with Crippen LogP contribution in [-0.4, -0.2) is 29.3 Å². The highest BCUT2D eigenvalue weighted by molar-refractivity contribution is 14.1. The molecule has 0 aromatic carbocycles. The molecule has 2 rings (SSSR count). The van der Waals surface area contributed by atoms with Crippen LogP contribution in [0.1, 0.15) is 36.0 Å². The predicted octanol–water partition coefficient (Wildman–Crippen LogP) is 3.98. The molecule has 0 spiro atoms. The van der Waals surface area contributed by atoms with E-state index in [2.05, 4.69) is 22.6 Å². The Kier molecular flexibility index (Phi) is 5.11. The molecule has 2 nitrogen and oxygen atoms in total. The molecule has 1 unspecified atom stereocenters. The van der Waals surface area contributed by atoms with Crippen molar-refractivity contribution in [3.63, 3.8) is 0 Å². The second-order valence-corrected chi connectivity index (χ2v) is 7.45. The van der Waals surface area contributed by atoms with E-state index in [9.17, 15) is 4.79 Å². The third-order valence-corrected chi connectivity index (χ3v) is 5.15. The molecule has 0 aliphatic carbocycles. The van der Waals surface area contributed by atoms with E-state index in [1.54, 1.807) is 11.3 Å². The molecule has 1 atom stereocenters. The van der Waals surface area contributed by atoms with Gasteiger partial charge in [0.15, 0.2) is 0 Å². The number of piperidine rings is 1. The van der Waals surface area contributed by atoms with Crippen LogP contribution in [0.2, 0.25) is 0 Å². The molecule has 1 aromatic heterocycles. The van der Waals surface area contributed by atoms with Crippen LogP contribution in [0, 0.1) is 2.88 Å². The van der Waals surface area contributed by atoms with Gasteiger partial charge in [-0.25, -0.2) is 0 Å². The number of rotatable bonds is 3. The van der Waals surface area contributed by atoms with Gasteiger partial charge in [0, 0.05) is 23.8 Å². The molecule has 1 fully saturated rings. The molecule has 17 heavy (non-hydrogen) atoms. The van der Waals surface area contributed by atoms with Crippen molar-refractivity contribution in [3.05, 3.63) is 19.9 Å². The molecule has 1 saturated heterocycles. The zero-order valence-electron chi connectivity index (χ0n) is 9.49. The minimum absolute atomic E-state index is 0.180. The first-order valence-electron chi connectivity index (χ1n) is 5.83. The minimum atomic E-state index is 0.180. The molecule has 0 N–H and O–H groups in total. The zero-order valence-corrected chi connectivity index (χ0v) is 13.2. The smallest absolute Gasteiger partial charge is 0.254 e. The van der Waals surface area contributed by atoms with E-state index in [-0.39, 0.29) is 5.91 Å². The lowest BCUT2D eigenvalue weighted by molar-refractivity contribution is 0.0610. The number of amides is 1. The summed E-state index contributed by atoms with van der Waals surface area (Å²) in [7, 11) is 0. The van der Waals surface area contributed by atoms with E-state index in [1.165, 1.54) is 6.42 Å². The van der Waals surface area contributed by atoms with Crippen molar-refractivity contribution in [2.75, 3.05) is 12.4 Å². The van der Waals surface area contributed by atoms with E-state index in [4.69, 9.17) is 11.6 Å². The lowest BCUT2D eigenvalue weighted by atomic mass is 9.99. The first-order chi connectivity index (χ1) is 8.22. The van der Waals surface area contributed by atoms with Gasteiger partial charge in [0.2, 0.25) is 0 Å². The molecule has 0 radical (unpaired) electrons. The lowest BCUT2D eigenvalue weighted by Crippen LogP contribution is -2.43. The Morgan fingerprint density at radius 1 is 1.59 bits per heavy atom. The quantitative estimate of drug-likeness (QED) is 0.571. The Bertz CT molecular complexity index is 394. The van der Waals surface area contributed by atoms with Gasteiger partial charge < -0.3 is 4.90 Å². The molecule has 1 aromatic rings. The Balaban J connectivity index is 2.10. The fourth-order valence-electron chi connectivity index (χ4n) is 2.28. The summed E-state index contributed by atoms with van der Waals surface area (Å²) < 4.78 is 1.16. The summed E-state index contributed by atoms with van der Waals surface area (Å²) >= 11 is 9.70. The second kappa shape index (κ2) is 6.38. The van der Waals surface area contributed by atoms with Gasteiger partial charge >= 0.3 is 0 Å². The number of halogens is 2. The molecule has 1 amide bonds. The SMILES string of the molecule is O=C(c1csc(I)c1)N1CCCCC1CCCl. The maximum atomic E-state index is 12.4. The van der Waals surface area contributed by atoms with Gasteiger partial charge in [0.25, 0.3) is 5.91 Å². The highest BCUT2D eigenvalue weighted by Crippen LogP contribution is 2.24. The number of nitrogens with zero attached hydrogens (tertiary/aromatic N) is 1. The molecular formula is C12H15ClINOS. The molecule has 1 aliphatic rings. The lowest BCUT2D eigenvalue weighted by Gasteiger charge is -2.35. The van der Waals surface area contributed by atoms with Crippen LogP contribution < -0.4 is 0 Å². The van der Waals surface area contributed by atoms with Crippen molar-refractivity contribution < 1.29 is 4.79 Å². The molecule has 5 heteroatoms. The van der Waals surface area contributed by atoms with Gasteiger partial charge in [-0.05, 0) is 54.3 Å². The van der Waals surface area contributed by atoms with Crippen molar-refractivity contribution in [2.45, 2.75) is 31.7 Å². The van der Waals surface area contributed by atoms with Crippen molar-refractivity contribution in [1.29, 1.82) is 0 Å². The molecule has 94 valence electrons. The topological polar surface area (TPSA) is 20.3 Å².